The molecule has 1 N–H and O–H groups in total. The van der Waals surface area contributed by atoms with E-state index in [1.807, 2.05) is 0 Å². The average molecular weight is 473 g/mol. The van der Waals surface area contributed by atoms with Crippen molar-refractivity contribution in [2.24, 2.45) is 0 Å². The largest absolute Gasteiger partial charge is 0.503 e. The van der Waals surface area contributed by atoms with Crippen molar-refractivity contribution >= 4 is 23.0 Å². The molecule has 0 fully saturated rings. The third-order valence-corrected chi connectivity index (χ3v) is 6.18. The van der Waals surface area contributed by atoms with Gasteiger partial charge in [0.1, 0.15) is 5.75 Å². The molecular weight excluding hydrogens is 455 g/mol. The van der Waals surface area contributed by atoms with Crippen LogP contribution in [0.3, 0.4) is 0 Å². The van der Waals surface area contributed by atoms with Gasteiger partial charge in [0.2, 0.25) is 5.78 Å². The van der Waals surface area contributed by atoms with Gasteiger partial charge >= 0.3 is 6.18 Å². The number of hydrogen-bond donors (Lipinski definition) is 1. The fourth-order valence-electron chi connectivity index (χ4n) is 3.79. The SMILES string of the molecule is COc1cccc(C2C(C(=O)c3cccs3)=C(O)C(=O)N2Cc2cccc(C(F)(F)F)c2)c1. The van der Waals surface area contributed by atoms with Gasteiger partial charge in [-0.15, -0.1) is 11.3 Å². The van der Waals surface area contributed by atoms with Gasteiger partial charge < -0.3 is 14.7 Å². The number of nitrogens with zero attached hydrogens (tertiary/aromatic N) is 1. The standard InChI is InChI=1S/C24H18F3NO4S/c1-32-17-8-3-6-15(12-17)20-19(21(29)18-9-4-10-33-18)22(30)23(31)28(20)13-14-5-2-7-16(11-14)24(25,26)27/h2-12,20,30H,13H2,1H3. The van der Waals surface area contributed by atoms with Crippen LogP contribution in [0, 0.1) is 0 Å². The normalized spacial score (nSPS) is 16.4. The number of halogens is 3. The summed E-state index contributed by atoms with van der Waals surface area (Å²) in [5.74, 6) is -1.60. The zero-order valence-electron chi connectivity index (χ0n) is 17.3. The Labute approximate surface area is 191 Å². The number of ether oxygens (including phenoxy) is 1. The number of rotatable bonds is 6. The second kappa shape index (κ2) is 8.74. The minimum atomic E-state index is -4.54. The van der Waals surface area contributed by atoms with E-state index in [0.717, 1.165) is 23.5 Å². The molecule has 170 valence electrons. The first-order valence-corrected chi connectivity index (χ1v) is 10.7. The third kappa shape index (κ3) is 4.36. The molecule has 2 aromatic carbocycles. The number of alkyl halides is 3. The summed E-state index contributed by atoms with van der Waals surface area (Å²) in [7, 11) is 1.46. The van der Waals surface area contributed by atoms with Gasteiger partial charge in [0.25, 0.3) is 5.91 Å². The number of amides is 1. The topological polar surface area (TPSA) is 66.8 Å². The van der Waals surface area contributed by atoms with Gasteiger partial charge in [0, 0.05) is 6.54 Å². The minimum absolute atomic E-state index is 0.123. The number of Topliss-reactive ketones (excluding diaryl/α,β-unsaturated/α-hetero) is 1. The Morgan fingerprint density at radius 1 is 1.12 bits per heavy atom. The Kier molecular flexibility index (Phi) is 5.99. The molecule has 1 aromatic heterocycles. The second-order valence-electron chi connectivity index (χ2n) is 7.38. The number of carbonyl (C=O) groups excluding carboxylic acids is 2. The van der Waals surface area contributed by atoms with Crippen LogP contribution in [0.25, 0.3) is 0 Å². The molecule has 1 aliphatic heterocycles. The fraction of sp³-hybridized carbons (Fsp3) is 0.167. The van der Waals surface area contributed by atoms with Crippen LogP contribution in [0.4, 0.5) is 13.2 Å². The van der Waals surface area contributed by atoms with Gasteiger partial charge in [-0.3, -0.25) is 9.59 Å². The third-order valence-electron chi connectivity index (χ3n) is 5.31. The van der Waals surface area contributed by atoms with Crippen LogP contribution in [0.15, 0.2) is 77.4 Å². The zero-order chi connectivity index (χ0) is 23.8. The molecule has 5 nitrogen and oxygen atoms in total. The molecule has 0 aliphatic carbocycles. The number of benzene rings is 2. The molecule has 1 aliphatic rings. The highest BCUT2D eigenvalue weighted by molar-refractivity contribution is 7.12. The quantitative estimate of drug-likeness (QED) is 0.477. The van der Waals surface area contributed by atoms with Crippen molar-refractivity contribution in [2.75, 3.05) is 7.11 Å². The molecule has 33 heavy (non-hydrogen) atoms. The van der Waals surface area contributed by atoms with E-state index in [2.05, 4.69) is 0 Å². The van der Waals surface area contributed by atoms with Gasteiger partial charge in [-0.1, -0.05) is 30.3 Å². The van der Waals surface area contributed by atoms with E-state index < -0.39 is 35.2 Å². The number of aliphatic hydroxyl groups is 1. The molecule has 3 aromatic rings. The molecule has 4 rings (SSSR count). The molecule has 9 heteroatoms. The minimum Gasteiger partial charge on any atom is -0.503 e. The number of carbonyl (C=O) groups is 2. The first-order chi connectivity index (χ1) is 15.7. The summed E-state index contributed by atoms with van der Waals surface area (Å²) < 4.78 is 44.8. The van der Waals surface area contributed by atoms with E-state index in [1.54, 1.807) is 41.8 Å². The lowest BCUT2D eigenvalue weighted by atomic mass is 9.95. The molecule has 1 amide bonds. The highest BCUT2D eigenvalue weighted by Crippen LogP contribution is 2.41. The van der Waals surface area contributed by atoms with Crippen LogP contribution < -0.4 is 4.74 Å². The highest BCUT2D eigenvalue weighted by Gasteiger charge is 2.44. The van der Waals surface area contributed by atoms with Crippen LogP contribution in [-0.2, 0) is 17.5 Å². The number of aliphatic hydroxyl groups excluding tert-OH is 1. The maximum atomic E-state index is 13.2. The number of thiophene rings is 1. The van der Waals surface area contributed by atoms with Crippen LogP contribution in [0.2, 0.25) is 0 Å². The molecule has 1 atom stereocenters. The summed E-state index contributed by atoms with van der Waals surface area (Å²) in [5, 5.41) is 12.4. The Balaban J connectivity index is 1.79. The van der Waals surface area contributed by atoms with Gasteiger partial charge in [-0.2, -0.15) is 13.2 Å². The molecular formula is C24H18F3NO4S. The Morgan fingerprint density at radius 3 is 2.55 bits per heavy atom. The molecule has 0 radical (unpaired) electrons. The lowest BCUT2D eigenvalue weighted by molar-refractivity contribution is -0.137. The maximum Gasteiger partial charge on any atom is 0.416 e. The molecule has 0 spiro atoms. The molecule has 0 saturated heterocycles. The fourth-order valence-corrected chi connectivity index (χ4v) is 4.47. The summed E-state index contributed by atoms with van der Waals surface area (Å²) in [6.45, 7) is -0.240. The molecule has 0 saturated carbocycles. The van der Waals surface area contributed by atoms with Gasteiger partial charge in [-0.25, -0.2) is 0 Å². The Morgan fingerprint density at radius 2 is 1.88 bits per heavy atom. The molecule has 2 heterocycles. The predicted molar refractivity (Wildman–Crippen MR) is 116 cm³/mol. The predicted octanol–water partition coefficient (Wildman–Crippen LogP) is 5.55. The Hall–Kier alpha value is -3.59. The number of hydrogen-bond acceptors (Lipinski definition) is 5. The van der Waals surface area contributed by atoms with Crippen LogP contribution in [0.5, 0.6) is 5.75 Å². The van der Waals surface area contributed by atoms with Crippen molar-refractivity contribution < 1.29 is 32.6 Å². The summed E-state index contributed by atoms with van der Waals surface area (Å²) >= 11 is 1.16. The van der Waals surface area contributed by atoms with Crippen molar-refractivity contribution in [3.63, 3.8) is 0 Å². The number of ketones is 1. The first kappa shape index (κ1) is 22.6. The first-order valence-electron chi connectivity index (χ1n) is 9.83. The molecule has 0 bridgehead atoms. The van der Waals surface area contributed by atoms with Crippen molar-refractivity contribution in [1.29, 1.82) is 0 Å². The maximum absolute atomic E-state index is 13.2. The summed E-state index contributed by atoms with van der Waals surface area (Å²) in [5.41, 5.74) is -0.276. The smallest absolute Gasteiger partial charge is 0.416 e. The van der Waals surface area contributed by atoms with Crippen molar-refractivity contribution in [1.82, 2.24) is 4.90 Å². The van der Waals surface area contributed by atoms with E-state index in [1.165, 1.54) is 24.1 Å². The van der Waals surface area contributed by atoms with E-state index in [0.29, 0.717) is 16.2 Å². The van der Waals surface area contributed by atoms with Gasteiger partial charge in [-0.05, 0) is 46.8 Å². The van der Waals surface area contributed by atoms with Crippen LogP contribution >= 0.6 is 11.3 Å². The lowest BCUT2D eigenvalue weighted by Crippen LogP contribution is -2.30. The average Bonchev–Trinajstić information content (AvgIpc) is 3.42. The summed E-state index contributed by atoms with van der Waals surface area (Å²) in [6, 6.07) is 13.5. The van der Waals surface area contributed by atoms with E-state index in [9.17, 15) is 27.9 Å². The second-order valence-corrected chi connectivity index (χ2v) is 8.33. The van der Waals surface area contributed by atoms with Gasteiger partial charge in [0.15, 0.2) is 5.76 Å². The van der Waals surface area contributed by atoms with Crippen molar-refractivity contribution in [2.45, 2.75) is 18.8 Å². The highest BCUT2D eigenvalue weighted by atomic mass is 32.1. The van der Waals surface area contributed by atoms with Crippen LogP contribution in [0.1, 0.15) is 32.4 Å². The molecule has 1 unspecified atom stereocenters. The monoisotopic (exact) mass is 473 g/mol. The lowest BCUT2D eigenvalue weighted by Gasteiger charge is -2.27. The zero-order valence-corrected chi connectivity index (χ0v) is 18.1. The van der Waals surface area contributed by atoms with Crippen molar-refractivity contribution in [3.8, 4) is 5.75 Å². The van der Waals surface area contributed by atoms with E-state index in [-0.39, 0.29) is 17.7 Å². The van der Waals surface area contributed by atoms with Crippen LogP contribution in [-0.4, -0.2) is 28.8 Å². The number of methoxy groups -OCH3 is 1. The van der Waals surface area contributed by atoms with Crippen molar-refractivity contribution in [3.05, 3.63) is 98.9 Å². The van der Waals surface area contributed by atoms with E-state index in [4.69, 9.17) is 4.74 Å². The summed E-state index contributed by atoms with van der Waals surface area (Å²) in [6.07, 6.45) is -4.54. The van der Waals surface area contributed by atoms with E-state index >= 15 is 0 Å². The van der Waals surface area contributed by atoms with Gasteiger partial charge in [0.05, 0.1) is 29.2 Å². The Bertz CT molecular complexity index is 1230. The summed E-state index contributed by atoms with van der Waals surface area (Å²) in [4.78, 5) is 27.8.